The fourth-order valence-electron chi connectivity index (χ4n) is 2.60. The summed E-state index contributed by atoms with van der Waals surface area (Å²) in [6.45, 7) is 1.05. The van der Waals surface area contributed by atoms with Gasteiger partial charge in [0, 0.05) is 54.9 Å². The predicted molar refractivity (Wildman–Crippen MR) is 94.6 cm³/mol. The maximum absolute atomic E-state index is 10.3. The molecule has 0 spiro atoms. The van der Waals surface area contributed by atoms with E-state index in [2.05, 4.69) is 15.4 Å². The highest BCUT2D eigenvalue weighted by atomic mass is 35.5. The van der Waals surface area contributed by atoms with Gasteiger partial charge in [0.2, 0.25) is 0 Å². The maximum atomic E-state index is 10.3. The Morgan fingerprint density at radius 2 is 2.04 bits per heavy atom. The molecule has 1 atom stereocenters. The third-order valence-electron chi connectivity index (χ3n) is 3.74. The van der Waals surface area contributed by atoms with E-state index < -0.39 is 6.10 Å². The van der Waals surface area contributed by atoms with Crippen molar-refractivity contribution in [2.24, 2.45) is 7.05 Å². The van der Waals surface area contributed by atoms with Crippen molar-refractivity contribution in [1.82, 2.24) is 20.1 Å². The van der Waals surface area contributed by atoms with Gasteiger partial charge in [-0.25, -0.2) is 0 Å². The maximum Gasteiger partial charge on any atom is 0.0969 e. The number of hydrogen-bond acceptors (Lipinski definition) is 4. The molecule has 0 unspecified atom stereocenters. The van der Waals surface area contributed by atoms with Crippen LogP contribution in [0.15, 0.2) is 55.0 Å². The van der Waals surface area contributed by atoms with E-state index >= 15 is 0 Å². The number of benzene rings is 1. The first-order valence-corrected chi connectivity index (χ1v) is 8.08. The zero-order valence-electron chi connectivity index (χ0n) is 13.4. The van der Waals surface area contributed by atoms with Crippen LogP contribution in [-0.2, 0) is 13.6 Å². The van der Waals surface area contributed by atoms with Gasteiger partial charge in [-0.3, -0.25) is 9.67 Å². The Balaban J connectivity index is 1.65. The van der Waals surface area contributed by atoms with Crippen LogP contribution in [0.25, 0.3) is 11.3 Å². The normalized spacial score (nSPS) is 12.3. The Bertz CT molecular complexity index is 804. The van der Waals surface area contributed by atoms with Crippen molar-refractivity contribution in [2.45, 2.75) is 12.6 Å². The summed E-state index contributed by atoms with van der Waals surface area (Å²) >= 11 is 5.96. The smallest absolute Gasteiger partial charge is 0.0969 e. The molecule has 0 saturated heterocycles. The molecule has 0 aliphatic heterocycles. The Hall–Kier alpha value is -2.21. The first-order chi connectivity index (χ1) is 11.6. The number of halogens is 1. The van der Waals surface area contributed by atoms with Crippen molar-refractivity contribution in [2.75, 3.05) is 6.54 Å². The number of hydrogen-bond donors (Lipinski definition) is 2. The first-order valence-electron chi connectivity index (χ1n) is 7.70. The van der Waals surface area contributed by atoms with Crippen molar-refractivity contribution < 1.29 is 5.11 Å². The average molecular weight is 343 g/mol. The summed E-state index contributed by atoms with van der Waals surface area (Å²) in [5.41, 5.74) is 3.82. The number of aromatic nitrogens is 3. The fourth-order valence-corrected chi connectivity index (χ4v) is 2.79. The molecule has 0 amide bonds. The number of nitrogens with one attached hydrogen (secondary N) is 1. The van der Waals surface area contributed by atoms with Gasteiger partial charge in [-0.05, 0) is 29.8 Å². The molecule has 1 aromatic carbocycles. The van der Waals surface area contributed by atoms with Crippen LogP contribution in [-0.4, -0.2) is 26.4 Å². The lowest BCUT2D eigenvalue weighted by atomic mass is 10.1. The second-order valence-corrected chi connectivity index (χ2v) is 6.05. The molecular weight excluding hydrogens is 324 g/mol. The predicted octanol–water partition coefficient (Wildman–Crippen LogP) is 2.96. The molecule has 0 bridgehead atoms. The molecule has 0 radical (unpaired) electrons. The molecule has 2 N–H and O–H groups in total. The SMILES string of the molecule is Cn1cc(CNC[C@H](O)c2cccc(Cl)c2)c(-c2ccncc2)n1. The molecule has 0 fully saturated rings. The molecule has 24 heavy (non-hydrogen) atoms. The van der Waals surface area contributed by atoms with Gasteiger partial charge in [-0.1, -0.05) is 23.7 Å². The molecule has 5 nitrogen and oxygen atoms in total. The molecule has 6 heteroatoms. The van der Waals surface area contributed by atoms with Crippen LogP contribution in [0, 0.1) is 0 Å². The minimum atomic E-state index is -0.607. The highest BCUT2D eigenvalue weighted by molar-refractivity contribution is 6.30. The molecule has 124 valence electrons. The minimum absolute atomic E-state index is 0.436. The zero-order valence-corrected chi connectivity index (χ0v) is 14.1. The van der Waals surface area contributed by atoms with Crippen molar-refractivity contribution in [3.05, 3.63) is 71.1 Å². The largest absolute Gasteiger partial charge is 0.387 e. The monoisotopic (exact) mass is 342 g/mol. The number of aliphatic hydroxyl groups is 1. The summed E-state index contributed by atoms with van der Waals surface area (Å²) in [7, 11) is 1.90. The van der Waals surface area contributed by atoms with Gasteiger partial charge in [0.25, 0.3) is 0 Å². The highest BCUT2D eigenvalue weighted by Gasteiger charge is 2.12. The van der Waals surface area contributed by atoms with Gasteiger partial charge in [-0.15, -0.1) is 0 Å². The first kappa shape index (κ1) is 16.6. The number of aliphatic hydroxyl groups excluding tert-OH is 1. The topological polar surface area (TPSA) is 63.0 Å². The van der Waals surface area contributed by atoms with Crippen LogP contribution >= 0.6 is 11.6 Å². The molecule has 2 aromatic heterocycles. The lowest BCUT2D eigenvalue weighted by molar-refractivity contribution is 0.174. The quantitative estimate of drug-likeness (QED) is 0.723. The number of rotatable bonds is 6. The highest BCUT2D eigenvalue weighted by Crippen LogP contribution is 2.21. The second-order valence-electron chi connectivity index (χ2n) is 5.61. The Morgan fingerprint density at radius 3 is 2.79 bits per heavy atom. The second kappa shape index (κ2) is 7.57. The van der Waals surface area contributed by atoms with Gasteiger partial charge < -0.3 is 10.4 Å². The van der Waals surface area contributed by atoms with E-state index in [4.69, 9.17) is 11.6 Å². The van der Waals surface area contributed by atoms with E-state index in [1.54, 1.807) is 29.2 Å². The number of nitrogens with zero attached hydrogens (tertiary/aromatic N) is 3. The van der Waals surface area contributed by atoms with Crippen LogP contribution in [0.4, 0.5) is 0 Å². The van der Waals surface area contributed by atoms with E-state index in [0.29, 0.717) is 18.1 Å². The lowest BCUT2D eigenvalue weighted by Gasteiger charge is -2.12. The van der Waals surface area contributed by atoms with Gasteiger partial charge in [0.15, 0.2) is 0 Å². The van der Waals surface area contributed by atoms with E-state index in [-0.39, 0.29) is 0 Å². The van der Waals surface area contributed by atoms with E-state index in [9.17, 15) is 5.11 Å². The van der Waals surface area contributed by atoms with Crippen LogP contribution < -0.4 is 5.32 Å². The molecule has 3 rings (SSSR count). The third-order valence-corrected chi connectivity index (χ3v) is 3.98. The van der Waals surface area contributed by atoms with Gasteiger partial charge in [0.1, 0.15) is 0 Å². The molecule has 3 aromatic rings. The van der Waals surface area contributed by atoms with E-state index in [0.717, 1.165) is 22.4 Å². The minimum Gasteiger partial charge on any atom is -0.387 e. The molecule has 0 saturated carbocycles. The zero-order chi connectivity index (χ0) is 16.9. The summed E-state index contributed by atoms with van der Waals surface area (Å²) < 4.78 is 1.79. The van der Waals surface area contributed by atoms with Gasteiger partial charge in [0.05, 0.1) is 11.8 Å². The number of aryl methyl sites for hydroxylation is 1. The van der Waals surface area contributed by atoms with Crippen molar-refractivity contribution in [1.29, 1.82) is 0 Å². The average Bonchev–Trinajstić information content (AvgIpc) is 2.96. The summed E-state index contributed by atoms with van der Waals surface area (Å²) in [6, 6.07) is 11.1. The Kier molecular flexibility index (Phi) is 5.25. The number of pyridine rings is 1. The fraction of sp³-hybridized carbons (Fsp3) is 0.222. The Labute approximate surface area is 145 Å². The lowest BCUT2D eigenvalue weighted by Crippen LogP contribution is -2.21. The van der Waals surface area contributed by atoms with E-state index in [1.807, 2.05) is 37.5 Å². The molecule has 0 aliphatic carbocycles. The van der Waals surface area contributed by atoms with Crippen LogP contribution in [0.1, 0.15) is 17.2 Å². The van der Waals surface area contributed by atoms with Crippen molar-refractivity contribution >= 4 is 11.6 Å². The van der Waals surface area contributed by atoms with Gasteiger partial charge >= 0.3 is 0 Å². The van der Waals surface area contributed by atoms with Crippen molar-refractivity contribution in [3.63, 3.8) is 0 Å². The van der Waals surface area contributed by atoms with Gasteiger partial charge in [-0.2, -0.15) is 5.10 Å². The Morgan fingerprint density at radius 1 is 1.25 bits per heavy atom. The molecule has 2 heterocycles. The van der Waals surface area contributed by atoms with Crippen LogP contribution in [0.5, 0.6) is 0 Å². The van der Waals surface area contributed by atoms with E-state index in [1.165, 1.54) is 0 Å². The van der Waals surface area contributed by atoms with Crippen LogP contribution in [0.2, 0.25) is 5.02 Å². The summed E-state index contributed by atoms with van der Waals surface area (Å²) in [6.07, 6.45) is 4.88. The molecular formula is C18H19ClN4O. The standard InChI is InChI=1S/C18H19ClN4O/c1-23-12-15(18(22-23)13-5-7-20-8-6-13)10-21-11-17(24)14-3-2-4-16(19)9-14/h2-9,12,17,21,24H,10-11H2,1H3/t17-/m0/s1. The van der Waals surface area contributed by atoms with Crippen molar-refractivity contribution in [3.8, 4) is 11.3 Å². The summed E-state index contributed by atoms with van der Waals surface area (Å²) in [5, 5.41) is 18.7. The van der Waals surface area contributed by atoms with Crippen LogP contribution in [0.3, 0.4) is 0 Å². The third kappa shape index (κ3) is 4.00. The molecule has 0 aliphatic rings. The summed E-state index contributed by atoms with van der Waals surface area (Å²) in [5.74, 6) is 0. The summed E-state index contributed by atoms with van der Waals surface area (Å²) in [4.78, 5) is 4.04.